The van der Waals surface area contributed by atoms with Crippen molar-refractivity contribution in [3.05, 3.63) is 22.2 Å². The van der Waals surface area contributed by atoms with Crippen LogP contribution >= 0.6 is 23.2 Å². The van der Waals surface area contributed by atoms with Gasteiger partial charge in [0.05, 0.1) is 15.7 Å². The Balaban J connectivity index is 1.60. The molecule has 0 aliphatic carbocycles. The number of nitrogen functional groups attached to an aromatic ring is 1. The third-order valence-corrected chi connectivity index (χ3v) is 5.26. The van der Waals surface area contributed by atoms with Crippen LogP contribution in [-0.2, 0) is 0 Å². The zero-order valence-corrected chi connectivity index (χ0v) is 13.8. The summed E-state index contributed by atoms with van der Waals surface area (Å²) in [6, 6.07) is 3.58. The molecular weight excluding hydrogens is 305 g/mol. The summed E-state index contributed by atoms with van der Waals surface area (Å²) in [5, 5.41) is 1.33. The smallest absolute Gasteiger partial charge is 0.0746 e. The summed E-state index contributed by atoms with van der Waals surface area (Å²) in [6.45, 7) is 5.90. The van der Waals surface area contributed by atoms with Crippen molar-refractivity contribution in [1.29, 1.82) is 0 Å². The molecule has 3 rings (SSSR count). The lowest BCUT2D eigenvalue weighted by Gasteiger charge is -2.36. The maximum Gasteiger partial charge on any atom is 0.0746 e. The molecular formula is C16H23Cl2N3. The third-order valence-electron chi connectivity index (χ3n) is 4.69. The summed E-state index contributed by atoms with van der Waals surface area (Å²) in [6.07, 6.45) is 5.17. The summed E-state index contributed by atoms with van der Waals surface area (Å²) in [5.74, 6) is 0.811. The largest absolute Gasteiger partial charge is 0.399 e. The molecule has 2 saturated heterocycles. The standard InChI is InChI=1S/C16H23Cl2N3/c17-14-9-13(19)10-15(18)16(14)21-7-3-12(4-8-21)11-20-5-1-2-6-20/h9-10,12H,1-8,11,19H2. The van der Waals surface area contributed by atoms with Crippen LogP contribution in [0.1, 0.15) is 25.7 Å². The number of hydrogen-bond acceptors (Lipinski definition) is 3. The second-order valence-electron chi connectivity index (χ2n) is 6.27. The van der Waals surface area contributed by atoms with E-state index < -0.39 is 0 Å². The van der Waals surface area contributed by atoms with Gasteiger partial charge in [-0.25, -0.2) is 0 Å². The van der Waals surface area contributed by atoms with Crippen molar-refractivity contribution in [2.75, 3.05) is 43.4 Å². The number of piperidine rings is 1. The fourth-order valence-electron chi connectivity index (χ4n) is 3.56. The predicted molar refractivity (Wildman–Crippen MR) is 91.5 cm³/mol. The molecule has 116 valence electrons. The first-order chi connectivity index (χ1) is 10.1. The van der Waals surface area contributed by atoms with E-state index in [-0.39, 0.29) is 0 Å². The van der Waals surface area contributed by atoms with Crippen molar-refractivity contribution < 1.29 is 0 Å². The van der Waals surface area contributed by atoms with Gasteiger partial charge in [0.15, 0.2) is 0 Å². The molecule has 2 fully saturated rings. The van der Waals surface area contributed by atoms with E-state index in [0.717, 1.165) is 24.7 Å². The average Bonchev–Trinajstić information content (AvgIpc) is 2.92. The van der Waals surface area contributed by atoms with Crippen LogP contribution < -0.4 is 10.6 Å². The van der Waals surface area contributed by atoms with E-state index >= 15 is 0 Å². The predicted octanol–water partition coefficient (Wildman–Crippen LogP) is 3.89. The molecule has 3 nitrogen and oxygen atoms in total. The summed E-state index contributed by atoms with van der Waals surface area (Å²) >= 11 is 12.7. The van der Waals surface area contributed by atoms with E-state index in [2.05, 4.69) is 9.80 Å². The molecule has 0 unspecified atom stereocenters. The molecule has 0 aromatic heterocycles. The number of rotatable bonds is 3. The number of nitrogens with two attached hydrogens (primary N) is 1. The molecule has 0 bridgehead atoms. The molecule has 0 saturated carbocycles. The fraction of sp³-hybridized carbons (Fsp3) is 0.625. The van der Waals surface area contributed by atoms with Crippen LogP contribution in [0.2, 0.25) is 10.0 Å². The van der Waals surface area contributed by atoms with Gasteiger partial charge in [-0.3, -0.25) is 0 Å². The van der Waals surface area contributed by atoms with E-state index in [1.165, 1.54) is 45.3 Å². The Bertz CT molecular complexity index is 469. The topological polar surface area (TPSA) is 32.5 Å². The minimum absolute atomic E-state index is 0.623. The number of likely N-dealkylation sites (tertiary alicyclic amines) is 1. The molecule has 21 heavy (non-hydrogen) atoms. The van der Waals surface area contributed by atoms with Gasteiger partial charge in [0, 0.05) is 25.3 Å². The van der Waals surface area contributed by atoms with Gasteiger partial charge < -0.3 is 15.5 Å². The second-order valence-corrected chi connectivity index (χ2v) is 7.09. The van der Waals surface area contributed by atoms with Gasteiger partial charge in [0.2, 0.25) is 0 Å². The Hall–Kier alpha value is -0.640. The van der Waals surface area contributed by atoms with Gasteiger partial charge in [-0.1, -0.05) is 23.2 Å². The summed E-state index contributed by atoms with van der Waals surface area (Å²) in [4.78, 5) is 4.92. The third kappa shape index (κ3) is 3.58. The van der Waals surface area contributed by atoms with E-state index in [1.54, 1.807) is 12.1 Å². The van der Waals surface area contributed by atoms with Gasteiger partial charge in [-0.05, 0) is 56.8 Å². The summed E-state index contributed by atoms with van der Waals surface area (Å²) < 4.78 is 0. The lowest BCUT2D eigenvalue weighted by atomic mass is 9.96. The van der Waals surface area contributed by atoms with Crippen molar-refractivity contribution in [2.45, 2.75) is 25.7 Å². The molecule has 2 aliphatic heterocycles. The highest BCUT2D eigenvalue weighted by atomic mass is 35.5. The second kappa shape index (κ2) is 6.64. The van der Waals surface area contributed by atoms with E-state index in [9.17, 15) is 0 Å². The zero-order chi connectivity index (χ0) is 14.8. The molecule has 5 heteroatoms. The van der Waals surface area contributed by atoms with Crippen LogP contribution in [0.25, 0.3) is 0 Å². The van der Waals surface area contributed by atoms with Crippen LogP contribution in [-0.4, -0.2) is 37.6 Å². The van der Waals surface area contributed by atoms with Gasteiger partial charge in [-0.2, -0.15) is 0 Å². The molecule has 2 N–H and O–H groups in total. The molecule has 2 heterocycles. The maximum atomic E-state index is 6.33. The van der Waals surface area contributed by atoms with Gasteiger partial charge in [-0.15, -0.1) is 0 Å². The molecule has 0 atom stereocenters. The number of halogens is 2. The van der Waals surface area contributed by atoms with Crippen molar-refractivity contribution in [3.8, 4) is 0 Å². The molecule has 0 spiro atoms. The molecule has 2 aliphatic rings. The SMILES string of the molecule is Nc1cc(Cl)c(N2CCC(CN3CCCC3)CC2)c(Cl)c1. The van der Waals surface area contributed by atoms with Crippen LogP contribution in [0, 0.1) is 5.92 Å². The molecule has 1 aromatic carbocycles. The van der Waals surface area contributed by atoms with E-state index in [0.29, 0.717) is 15.7 Å². The highest BCUT2D eigenvalue weighted by Gasteiger charge is 2.25. The first kappa shape index (κ1) is 15.3. The summed E-state index contributed by atoms with van der Waals surface area (Å²) in [5.41, 5.74) is 7.35. The highest BCUT2D eigenvalue weighted by Crippen LogP contribution is 2.38. The van der Waals surface area contributed by atoms with Crippen LogP contribution in [0.4, 0.5) is 11.4 Å². The molecule has 0 amide bonds. The normalized spacial score (nSPS) is 21.1. The van der Waals surface area contributed by atoms with Crippen molar-refractivity contribution in [1.82, 2.24) is 4.90 Å². The van der Waals surface area contributed by atoms with Crippen molar-refractivity contribution >= 4 is 34.6 Å². The van der Waals surface area contributed by atoms with Crippen LogP contribution in [0.15, 0.2) is 12.1 Å². The Labute approximate surface area is 137 Å². The lowest BCUT2D eigenvalue weighted by Crippen LogP contribution is -2.38. The fourth-order valence-corrected chi connectivity index (χ4v) is 4.30. The number of hydrogen-bond donors (Lipinski definition) is 1. The highest BCUT2D eigenvalue weighted by molar-refractivity contribution is 6.39. The Morgan fingerprint density at radius 2 is 1.57 bits per heavy atom. The minimum Gasteiger partial charge on any atom is -0.399 e. The minimum atomic E-state index is 0.623. The quantitative estimate of drug-likeness (QED) is 0.855. The Morgan fingerprint density at radius 3 is 2.14 bits per heavy atom. The number of benzene rings is 1. The van der Waals surface area contributed by atoms with Crippen molar-refractivity contribution in [2.24, 2.45) is 5.92 Å². The van der Waals surface area contributed by atoms with Crippen LogP contribution in [0.5, 0.6) is 0 Å². The van der Waals surface area contributed by atoms with E-state index in [1.807, 2.05) is 0 Å². The van der Waals surface area contributed by atoms with Gasteiger partial charge >= 0.3 is 0 Å². The lowest BCUT2D eigenvalue weighted by molar-refractivity contribution is 0.249. The Morgan fingerprint density at radius 1 is 1.00 bits per heavy atom. The molecule has 1 aromatic rings. The van der Waals surface area contributed by atoms with Gasteiger partial charge in [0.1, 0.15) is 0 Å². The van der Waals surface area contributed by atoms with Crippen molar-refractivity contribution in [3.63, 3.8) is 0 Å². The summed E-state index contributed by atoms with van der Waals surface area (Å²) in [7, 11) is 0. The first-order valence-corrected chi connectivity index (χ1v) is 8.61. The Kier molecular flexibility index (Phi) is 4.82. The average molecular weight is 328 g/mol. The van der Waals surface area contributed by atoms with Crippen LogP contribution in [0.3, 0.4) is 0 Å². The van der Waals surface area contributed by atoms with Gasteiger partial charge in [0.25, 0.3) is 0 Å². The van der Waals surface area contributed by atoms with E-state index in [4.69, 9.17) is 28.9 Å². The first-order valence-electron chi connectivity index (χ1n) is 7.85. The number of anilines is 2. The maximum absolute atomic E-state index is 6.33. The number of nitrogens with zero attached hydrogens (tertiary/aromatic N) is 2. The monoisotopic (exact) mass is 327 g/mol. The molecule has 0 radical (unpaired) electrons. The zero-order valence-electron chi connectivity index (χ0n) is 12.3.